The van der Waals surface area contributed by atoms with Crippen LogP contribution in [-0.2, 0) is 16.1 Å². The molecule has 0 bridgehead atoms. The molecule has 1 heterocycles. The van der Waals surface area contributed by atoms with Crippen LogP contribution in [-0.4, -0.2) is 22.5 Å². The molecule has 1 aliphatic carbocycles. The lowest BCUT2D eigenvalue weighted by molar-refractivity contribution is -0.119. The van der Waals surface area contributed by atoms with Gasteiger partial charge in [0.1, 0.15) is 12.1 Å². The molecular formula is C17H18N4O3. The van der Waals surface area contributed by atoms with Crippen molar-refractivity contribution in [2.45, 2.75) is 25.0 Å². The minimum Gasteiger partial charge on any atom is -0.445 e. The monoisotopic (exact) mass is 326 g/mol. The number of nitrogens with zero attached hydrogens (tertiary/aromatic N) is 1. The van der Waals surface area contributed by atoms with Gasteiger partial charge >= 0.3 is 6.09 Å². The molecule has 7 heteroatoms. The van der Waals surface area contributed by atoms with E-state index in [-0.39, 0.29) is 12.5 Å². The molecule has 0 unspecified atom stereocenters. The fourth-order valence-corrected chi connectivity index (χ4v) is 2.25. The van der Waals surface area contributed by atoms with Gasteiger partial charge in [-0.15, -0.1) is 0 Å². The van der Waals surface area contributed by atoms with Crippen LogP contribution in [0.15, 0.2) is 48.8 Å². The lowest BCUT2D eigenvalue weighted by Crippen LogP contribution is -2.46. The average Bonchev–Trinajstić information content (AvgIpc) is 3.37. The SMILES string of the molecule is Nc1cnccc1NC(=O)C1(NC(=O)OCc2ccccc2)CC1. The predicted octanol–water partition coefficient (Wildman–Crippen LogP) is 2.06. The van der Waals surface area contributed by atoms with Crippen LogP contribution in [0.3, 0.4) is 0 Å². The van der Waals surface area contributed by atoms with Gasteiger partial charge in [-0.2, -0.15) is 0 Å². The number of ether oxygens (including phenoxy) is 1. The molecule has 24 heavy (non-hydrogen) atoms. The Hall–Kier alpha value is -3.09. The van der Waals surface area contributed by atoms with Crippen molar-refractivity contribution in [2.75, 3.05) is 11.1 Å². The van der Waals surface area contributed by atoms with Gasteiger partial charge in [0.15, 0.2) is 0 Å². The lowest BCUT2D eigenvalue weighted by Gasteiger charge is -2.17. The summed E-state index contributed by atoms with van der Waals surface area (Å²) < 4.78 is 5.16. The number of rotatable bonds is 5. The van der Waals surface area contributed by atoms with Gasteiger partial charge < -0.3 is 21.1 Å². The molecule has 2 amide bonds. The molecule has 0 aliphatic heterocycles. The Kier molecular flexibility index (Phi) is 4.33. The summed E-state index contributed by atoms with van der Waals surface area (Å²) in [6.07, 6.45) is 3.49. The lowest BCUT2D eigenvalue weighted by atomic mass is 10.2. The highest BCUT2D eigenvalue weighted by Crippen LogP contribution is 2.37. The van der Waals surface area contributed by atoms with Gasteiger partial charge in [0.05, 0.1) is 17.6 Å². The van der Waals surface area contributed by atoms with Gasteiger partial charge in [-0.3, -0.25) is 9.78 Å². The van der Waals surface area contributed by atoms with E-state index in [2.05, 4.69) is 15.6 Å². The van der Waals surface area contributed by atoms with Crippen molar-refractivity contribution in [3.63, 3.8) is 0 Å². The fourth-order valence-electron chi connectivity index (χ4n) is 2.25. The normalized spacial score (nSPS) is 14.5. The van der Waals surface area contributed by atoms with Gasteiger partial charge in [0.25, 0.3) is 0 Å². The van der Waals surface area contributed by atoms with Crippen LogP contribution in [0.1, 0.15) is 18.4 Å². The molecule has 124 valence electrons. The number of aromatic nitrogens is 1. The number of nitrogen functional groups attached to an aromatic ring is 1. The average molecular weight is 326 g/mol. The summed E-state index contributed by atoms with van der Waals surface area (Å²) in [5.74, 6) is -0.308. The van der Waals surface area contributed by atoms with Crippen molar-refractivity contribution in [2.24, 2.45) is 0 Å². The topological polar surface area (TPSA) is 106 Å². The molecule has 0 atom stereocenters. The summed E-state index contributed by atoms with van der Waals surface area (Å²) in [7, 11) is 0. The Balaban J connectivity index is 1.55. The van der Waals surface area contributed by atoms with Gasteiger partial charge in [-0.1, -0.05) is 30.3 Å². The number of nitrogens with one attached hydrogen (secondary N) is 2. The van der Waals surface area contributed by atoms with Gasteiger partial charge in [0.2, 0.25) is 5.91 Å². The minimum atomic E-state index is -0.927. The summed E-state index contributed by atoms with van der Waals surface area (Å²) in [6, 6.07) is 10.9. The zero-order valence-electron chi connectivity index (χ0n) is 13.0. The van der Waals surface area contributed by atoms with Gasteiger partial charge in [-0.05, 0) is 24.5 Å². The Morgan fingerprint density at radius 1 is 1.21 bits per heavy atom. The minimum absolute atomic E-state index is 0.154. The van der Waals surface area contributed by atoms with E-state index in [1.165, 1.54) is 12.4 Å². The van der Waals surface area contributed by atoms with E-state index in [1.54, 1.807) is 6.07 Å². The second kappa shape index (κ2) is 6.57. The third-order valence-corrected chi connectivity index (χ3v) is 3.84. The summed E-state index contributed by atoms with van der Waals surface area (Å²) in [6.45, 7) is 0.154. The number of hydrogen-bond donors (Lipinski definition) is 3. The van der Waals surface area contributed by atoms with Crippen LogP contribution in [0.5, 0.6) is 0 Å². The highest BCUT2D eigenvalue weighted by Gasteiger charge is 2.51. The molecule has 3 rings (SSSR count). The second-order valence-electron chi connectivity index (χ2n) is 5.69. The molecule has 7 nitrogen and oxygen atoms in total. The summed E-state index contributed by atoms with van der Waals surface area (Å²) in [4.78, 5) is 28.2. The highest BCUT2D eigenvalue weighted by atomic mass is 16.5. The third-order valence-electron chi connectivity index (χ3n) is 3.84. The first-order chi connectivity index (χ1) is 11.6. The molecule has 1 aromatic carbocycles. The Morgan fingerprint density at radius 3 is 2.62 bits per heavy atom. The quantitative estimate of drug-likeness (QED) is 0.780. The Morgan fingerprint density at radius 2 is 1.96 bits per heavy atom. The maximum absolute atomic E-state index is 12.4. The van der Waals surface area contributed by atoms with Crippen molar-refractivity contribution in [1.29, 1.82) is 0 Å². The van der Waals surface area contributed by atoms with Crippen molar-refractivity contribution >= 4 is 23.4 Å². The molecule has 1 aromatic heterocycles. The Bertz CT molecular complexity index is 745. The number of benzene rings is 1. The number of alkyl carbamates (subject to hydrolysis) is 1. The van der Waals surface area contributed by atoms with Crippen LogP contribution >= 0.6 is 0 Å². The first kappa shape index (κ1) is 15.8. The molecule has 1 saturated carbocycles. The highest BCUT2D eigenvalue weighted by molar-refractivity contribution is 6.03. The van der Waals surface area contributed by atoms with Crippen LogP contribution in [0.4, 0.5) is 16.2 Å². The number of anilines is 2. The summed E-state index contributed by atoms with van der Waals surface area (Å²) >= 11 is 0. The maximum Gasteiger partial charge on any atom is 0.408 e. The Labute approximate surface area is 139 Å². The number of pyridine rings is 1. The van der Waals surface area contributed by atoms with E-state index in [4.69, 9.17) is 10.5 Å². The number of amides is 2. The van der Waals surface area contributed by atoms with Crippen molar-refractivity contribution in [1.82, 2.24) is 10.3 Å². The predicted molar refractivity (Wildman–Crippen MR) is 89.0 cm³/mol. The van der Waals surface area contributed by atoms with E-state index in [0.29, 0.717) is 24.2 Å². The van der Waals surface area contributed by atoms with Crippen LogP contribution in [0.25, 0.3) is 0 Å². The fraction of sp³-hybridized carbons (Fsp3) is 0.235. The second-order valence-corrected chi connectivity index (χ2v) is 5.69. The summed E-state index contributed by atoms with van der Waals surface area (Å²) in [5, 5.41) is 5.37. The zero-order valence-corrected chi connectivity index (χ0v) is 13.0. The molecule has 4 N–H and O–H groups in total. The van der Waals surface area contributed by atoms with Crippen LogP contribution in [0.2, 0.25) is 0 Å². The van der Waals surface area contributed by atoms with E-state index in [9.17, 15) is 9.59 Å². The van der Waals surface area contributed by atoms with Crippen molar-refractivity contribution < 1.29 is 14.3 Å². The first-order valence-electron chi connectivity index (χ1n) is 7.59. The number of carbonyl (C=O) groups excluding carboxylic acids is 2. The van der Waals surface area contributed by atoms with E-state index in [1.807, 2.05) is 30.3 Å². The molecule has 1 aliphatic rings. The molecule has 2 aromatic rings. The maximum atomic E-state index is 12.4. The number of hydrogen-bond acceptors (Lipinski definition) is 5. The molecule has 0 radical (unpaired) electrons. The van der Waals surface area contributed by atoms with E-state index < -0.39 is 11.6 Å². The number of nitrogens with two attached hydrogens (primary N) is 1. The first-order valence-corrected chi connectivity index (χ1v) is 7.59. The van der Waals surface area contributed by atoms with Gasteiger partial charge in [0, 0.05) is 6.20 Å². The molecule has 0 saturated heterocycles. The largest absolute Gasteiger partial charge is 0.445 e. The smallest absolute Gasteiger partial charge is 0.408 e. The zero-order chi connectivity index (χ0) is 17.0. The standard InChI is InChI=1S/C17H18N4O3/c18-13-10-19-9-6-14(13)20-15(22)17(7-8-17)21-16(23)24-11-12-4-2-1-3-5-12/h1-6,9-10H,7-8,11,18H2,(H,21,23)(H,19,20,22). The molecule has 1 fully saturated rings. The number of carbonyl (C=O) groups is 2. The van der Waals surface area contributed by atoms with Crippen molar-refractivity contribution in [3.8, 4) is 0 Å². The summed E-state index contributed by atoms with van der Waals surface area (Å²) in [5.41, 5.74) is 6.55. The van der Waals surface area contributed by atoms with E-state index >= 15 is 0 Å². The van der Waals surface area contributed by atoms with Crippen molar-refractivity contribution in [3.05, 3.63) is 54.4 Å². The molecular weight excluding hydrogens is 308 g/mol. The van der Waals surface area contributed by atoms with Crippen LogP contribution in [0, 0.1) is 0 Å². The van der Waals surface area contributed by atoms with Crippen LogP contribution < -0.4 is 16.4 Å². The van der Waals surface area contributed by atoms with Gasteiger partial charge in [-0.25, -0.2) is 4.79 Å². The van der Waals surface area contributed by atoms with E-state index in [0.717, 1.165) is 5.56 Å². The molecule has 0 spiro atoms. The third kappa shape index (κ3) is 3.62.